The smallest absolute Gasteiger partial charge is 0.132 e. The van der Waals surface area contributed by atoms with E-state index in [1.54, 1.807) is 0 Å². The number of rotatable bonds is 5. The molecule has 3 heterocycles. The number of hydrogen-bond acceptors (Lipinski definition) is 3. The molecule has 4 aliphatic rings. The summed E-state index contributed by atoms with van der Waals surface area (Å²) in [5, 5.41) is 2.49. The zero-order chi connectivity index (χ0) is 51.1. The van der Waals surface area contributed by atoms with Crippen molar-refractivity contribution in [1.29, 1.82) is 0 Å². The first kappa shape index (κ1) is 43.6. The standard InChI is InChI=1S/C74H46N2OS/c1-2-19-49(20-3-1)76-65-31-13-6-22-54(65)55-43-39-48(45-67(55)76)47-37-40-50(41-38-47)75(51-42-44-53-52-21-4-7-24-57(52)73(64(53)46-51)59-26-9-14-33-68(59)77-69-34-15-10-27-60(69)73)66-32-18-30-63-72(66)56-23-5-8-25-58(56)74(63)61-28-11-16-35-70(61)78-71-36-17-12-29-62(71)74/h1-46H. The number of fused-ring (bicyclic) bond motifs is 21. The Kier molecular flexibility index (Phi) is 9.20. The van der Waals surface area contributed by atoms with Crippen LogP contribution in [0.15, 0.2) is 289 Å². The maximum Gasteiger partial charge on any atom is 0.132 e. The molecule has 0 atom stereocenters. The number of para-hydroxylation sites is 4. The molecule has 364 valence electrons. The van der Waals surface area contributed by atoms with Gasteiger partial charge in [-0.05, 0) is 140 Å². The molecule has 2 aliphatic carbocycles. The van der Waals surface area contributed by atoms with Crippen molar-refractivity contribution in [2.75, 3.05) is 4.90 Å². The highest BCUT2D eigenvalue weighted by atomic mass is 32.2. The predicted octanol–water partition coefficient (Wildman–Crippen LogP) is 19.2. The Balaban J connectivity index is 0.916. The number of nitrogens with zero attached hydrogens (tertiary/aromatic N) is 2. The molecule has 12 aromatic carbocycles. The highest BCUT2D eigenvalue weighted by molar-refractivity contribution is 7.99. The van der Waals surface area contributed by atoms with E-state index in [-0.39, 0.29) is 0 Å². The average Bonchev–Trinajstić information content (AvgIpc) is 4.22. The minimum atomic E-state index is -0.633. The van der Waals surface area contributed by atoms with Crippen LogP contribution in [0.5, 0.6) is 11.5 Å². The summed E-state index contributed by atoms with van der Waals surface area (Å²) in [7, 11) is 0. The van der Waals surface area contributed by atoms with E-state index in [9.17, 15) is 0 Å². The summed E-state index contributed by atoms with van der Waals surface area (Å²) in [6, 6.07) is 104. The van der Waals surface area contributed by atoms with E-state index in [1.807, 2.05) is 11.8 Å². The molecular weight excluding hydrogens is 965 g/mol. The van der Waals surface area contributed by atoms with Crippen molar-refractivity contribution in [2.24, 2.45) is 0 Å². The summed E-state index contributed by atoms with van der Waals surface area (Å²) in [6.45, 7) is 0. The van der Waals surface area contributed by atoms with E-state index >= 15 is 0 Å². The molecule has 2 spiro atoms. The van der Waals surface area contributed by atoms with Gasteiger partial charge in [-0.3, -0.25) is 0 Å². The van der Waals surface area contributed by atoms with Gasteiger partial charge in [0, 0.05) is 54.3 Å². The van der Waals surface area contributed by atoms with E-state index in [1.165, 1.54) is 92.8 Å². The molecule has 2 aliphatic heterocycles. The lowest BCUT2D eigenvalue weighted by atomic mass is 9.66. The molecule has 0 N–H and O–H groups in total. The third kappa shape index (κ3) is 5.79. The van der Waals surface area contributed by atoms with Crippen LogP contribution in [-0.2, 0) is 10.8 Å². The van der Waals surface area contributed by atoms with Crippen molar-refractivity contribution in [3.05, 3.63) is 324 Å². The van der Waals surface area contributed by atoms with Crippen molar-refractivity contribution < 1.29 is 4.74 Å². The lowest BCUT2D eigenvalue weighted by Gasteiger charge is -2.40. The first-order valence-corrected chi connectivity index (χ1v) is 27.7. The van der Waals surface area contributed by atoms with Crippen molar-refractivity contribution >= 4 is 50.6 Å². The normalized spacial score (nSPS) is 14.2. The molecule has 0 unspecified atom stereocenters. The Morgan fingerprint density at radius 1 is 0.333 bits per heavy atom. The fraction of sp³-hybridized carbons (Fsp3) is 0.0270. The maximum atomic E-state index is 6.80. The molecule has 1 aromatic heterocycles. The van der Waals surface area contributed by atoms with Gasteiger partial charge in [0.05, 0.1) is 27.6 Å². The molecule has 78 heavy (non-hydrogen) atoms. The first-order valence-electron chi connectivity index (χ1n) is 26.9. The Bertz CT molecular complexity index is 4560. The van der Waals surface area contributed by atoms with Gasteiger partial charge in [-0.1, -0.05) is 212 Å². The second kappa shape index (κ2) is 16.4. The van der Waals surface area contributed by atoms with E-state index in [0.29, 0.717) is 0 Å². The summed E-state index contributed by atoms with van der Waals surface area (Å²) < 4.78 is 9.20. The highest BCUT2D eigenvalue weighted by Gasteiger charge is 2.53. The van der Waals surface area contributed by atoms with E-state index in [4.69, 9.17) is 4.74 Å². The molecule has 0 fully saturated rings. The van der Waals surface area contributed by atoms with Crippen molar-refractivity contribution in [2.45, 2.75) is 20.6 Å². The molecule has 0 amide bonds. The Morgan fingerprint density at radius 3 is 1.59 bits per heavy atom. The van der Waals surface area contributed by atoms with Gasteiger partial charge >= 0.3 is 0 Å². The van der Waals surface area contributed by atoms with E-state index < -0.39 is 10.8 Å². The number of ether oxygens (including phenoxy) is 1. The lowest BCUT2D eigenvalue weighted by Crippen LogP contribution is -2.32. The van der Waals surface area contributed by atoms with Crippen LogP contribution in [0.4, 0.5) is 17.1 Å². The van der Waals surface area contributed by atoms with Crippen molar-refractivity contribution in [3.63, 3.8) is 0 Å². The highest BCUT2D eigenvalue weighted by Crippen LogP contribution is 2.66. The fourth-order valence-corrected chi connectivity index (χ4v) is 15.5. The summed E-state index contributed by atoms with van der Waals surface area (Å²) >= 11 is 1.88. The summed E-state index contributed by atoms with van der Waals surface area (Å²) in [5.41, 5.74) is 23.0. The summed E-state index contributed by atoms with van der Waals surface area (Å²) in [4.78, 5) is 5.12. The molecular formula is C74H46N2OS. The number of anilines is 3. The van der Waals surface area contributed by atoms with E-state index in [2.05, 4.69) is 289 Å². The SMILES string of the molecule is c1ccc(-n2c3ccccc3c3ccc(-c4ccc(N(c5ccc6c(c5)C5(c7ccccc7Oc7ccccc75)c5ccccc5-6)c5cccc6c5-c5ccccc5C65c6ccccc6Sc6ccccc65)cc4)cc32)cc1. The zero-order valence-electron chi connectivity index (χ0n) is 42.3. The van der Waals surface area contributed by atoms with Crippen LogP contribution in [0.25, 0.3) is 60.9 Å². The first-order chi connectivity index (χ1) is 38.7. The van der Waals surface area contributed by atoms with Crippen LogP contribution < -0.4 is 9.64 Å². The summed E-state index contributed by atoms with van der Waals surface area (Å²) in [5.74, 6) is 1.76. The van der Waals surface area contributed by atoms with Crippen molar-refractivity contribution in [1.82, 2.24) is 4.57 Å². The van der Waals surface area contributed by atoms with E-state index in [0.717, 1.165) is 50.9 Å². The molecule has 17 rings (SSSR count). The van der Waals surface area contributed by atoms with Crippen LogP contribution in [0.1, 0.15) is 44.5 Å². The lowest BCUT2D eigenvalue weighted by molar-refractivity contribution is 0.436. The topological polar surface area (TPSA) is 17.4 Å². The molecule has 4 heteroatoms. The summed E-state index contributed by atoms with van der Waals surface area (Å²) in [6.07, 6.45) is 0. The molecule has 13 aromatic rings. The van der Waals surface area contributed by atoms with Crippen molar-refractivity contribution in [3.8, 4) is 50.6 Å². The predicted molar refractivity (Wildman–Crippen MR) is 320 cm³/mol. The van der Waals surface area contributed by atoms with Crippen LogP contribution in [0.2, 0.25) is 0 Å². The molecule has 0 radical (unpaired) electrons. The largest absolute Gasteiger partial charge is 0.457 e. The van der Waals surface area contributed by atoms with Gasteiger partial charge in [-0.2, -0.15) is 0 Å². The van der Waals surface area contributed by atoms with Crippen LogP contribution in [-0.4, -0.2) is 4.57 Å². The third-order valence-corrected chi connectivity index (χ3v) is 18.5. The van der Waals surface area contributed by atoms with Crippen LogP contribution in [0, 0.1) is 0 Å². The van der Waals surface area contributed by atoms with Gasteiger partial charge in [0.25, 0.3) is 0 Å². The second-order valence-electron chi connectivity index (χ2n) is 21.0. The Hall–Kier alpha value is -9.61. The Labute approximate surface area is 456 Å². The number of benzene rings is 12. The van der Waals surface area contributed by atoms with Crippen LogP contribution >= 0.6 is 11.8 Å². The third-order valence-electron chi connectivity index (χ3n) is 17.3. The Morgan fingerprint density at radius 2 is 0.859 bits per heavy atom. The van der Waals surface area contributed by atoms with Gasteiger partial charge in [0.2, 0.25) is 0 Å². The fourth-order valence-electron chi connectivity index (χ4n) is 14.3. The maximum absolute atomic E-state index is 6.80. The van der Waals surface area contributed by atoms with Gasteiger partial charge in [0.1, 0.15) is 11.5 Å². The molecule has 0 bridgehead atoms. The molecule has 0 saturated carbocycles. The second-order valence-corrected chi connectivity index (χ2v) is 22.1. The molecule has 0 saturated heterocycles. The average molecular weight is 1010 g/mol. The molecule has 3 nitrogen and oxygen atoms in total. The number of aromatic nitrogens is 1. The van der Waals surface area contributed by atoms with Gasteiger partial charge < -0.3 is 14.2 Å². The monoisotopic (exact) mass is 1010 g/mol. The van der Waals surface area contributed by atoms with Crippen LogP contribution in [0.3, 0.4) is 0 Å². The number of hydrogen-bond donors (Lipinski definition) is 0. The van der Waals surface area contributed by atoms with Gasteiger partial charge in [-0.25, -0.2) is 0 Å². The quantitative estimate of drug-likeness (QED) is 0.171. The van der Waals surface area contributed by atoms with Gasteiger partial charge in [0.15, 0.2) is 0 Å². The zero-order valence-corrected chi connectivity index (χ0v) is 43.1. The minimum Gasteiger partial charge on any atom is -0.457 e. The van der Waals surface area contributed by atoms with Gasteiger partial charge in [-0.15, -0.1) is 0 Å². The minimum absolute atomic E-state index is 0.532.